The second-order valence-corrected chi connectivity index (χ2v) is 11.5. The molecule has 1 aliphatic rings. The first kappa shape index (κ1) is 32.3. The SMILES string of the molecule is CC(C)C[C@H](NC(=O)[C@H](CC(C)C)NC(CCO)C(=O)OC(C)(C)C)C(=O)NC(C)N1CCOCC1. The van der Waals surface area contributed by atoms with Crippen molar-refractivity contribution < 1.29 is 29.0 Å². The molecule has 0 aromatic carbocycles. The molecule has 0 saturated carbocycles. The predicted molar refractivity (Wildman–Crippen MR) is 139 cm³/mol. The smallest absolute Gasteiger partial charge is 0.323 e. The van der Waals surface area contributed by atoms with Gasteiger partial charge < -0.3 is 25.2 Å². The third kappa shape index (κ3) is 12.5. The zero-order valence-electron chi connectivity index (χ0n) is 23.6. The molecule has 0 spiro atoms. The largest absolute Gasteiger partial charge is 0.459 e. The average molecular weight is 515 g/mol. The van der Waals surface area contributed by atoms with Crippen LogP contribution in [0.1, 0.15) is 74.7 Å². The Morgan fingerprint density at radius 1 is 0.889 bits per heavy atom. The fraction of sp³-hybridized carbons (Fsp3) is 0.885. The molecule has 0 radical (unpaired) electrons. The predicted octanol–water partition coefficient (Wildman–Crippen LogP) is 1.41. The van der Waals surface area contributed by atoms with Crippen LogP contribution >= 0.6 is 0 Å². The highest BCUT2D eigenvalue weighted by molar-refractivity contribution is 5.90. The second-order valence-electron chi connectivity index (χ2n) is 11.5. The van der Waals surface area contributed by atoms with Crippen LogP contribution in [-0.4, -0.2) is 90.6 Å². The number of amides is 2. The molecule has 1 heterocycles. The van der Waals surface area contributed by atoms with Gasteiger partial charge in [-0.3, -0.25) is 24.6 Å². The molecule has 10 nitrogen and oxygen atoms in total. The Labute approximate surface area is 217 Å². The minimum atomic E-state index is -0.845. The lowest BCUT2D eigenvalue weighted by atomic mass is 9.99. The van der Waals surface area contributed by atoms with Crippen LogP contribution < -0.4 is 16.0 Å². The van der Waals surface area contributed by atoms with Crippen molar-refractivity contribution in [1.29, 1.82) is 0 Å². The number of morpholine rings is 1. The highest BCUT2D eigenvalue weighted by Gasteiger charge is 2.32. The van der Waals surface area contributed by atoms with Crippen molar-refractivity contribution in [2.24, 2.45) is 11.8 Å². The zero-order chi connectivity index (χ0) is 27.5. The molecule has 1 fully saturated rings. The zero-order valence-corrected chi connectivity index (χ0v) is 23.6. The Balaban J connectivity index is 2.97. The molecule has 210 valence electrons. The lowest BCUT2D eigenvalue weighted by Crippen LogP contribution is -2.59. The van der Waals surface area contributed by atoms with E-state index >= 15 is 0 Å². The fourth-order valence-corrected chi connectivity index (χ4v) is 4.07. The first-order chi connectivity index (χ1) is 16.7. The maximum Gasteiger partial charge on any atom is 0.323 e. The molecule has 2 unspecified atom stereocenters. The fourth-order valence-electron chi connectivity index (χ4n) is 4.07. The highest BCUT2D eigenvalue weighted by Crippen LogP contribution is 2.14. The summed E-state index contributed by atoms with van der Waals surface area (Å²) in [5.74, 6) is -0.775. The number of aliphatic hydroxyl groups excluding tert-OH is 1. The van der Waals surface area contributed by atoms with Gasteiger partial charge in [0.15, 0.2) is 0 Å². The van der Waals surface area contributed by atoms with Gasteiger partial charge in [0.1, 0.15) is 17.7 Å². The van der Waals surface area contributed by atoms with Crippen molar-refractivity contribution in [2.45, 2.75) is 105 Å². The summed E-state index contributed by atoms with van der Waals surface area (Å²) in [6.45, 7) is 17.7. The van der Waals surface area contributed by atoms with E-state index in [-0.39, 0.29) is 42.8 Å². The molecule has 0 aromatic heterocycles. The standard InChI is InChI=1S/C26H50N4O6/c1-17(2)15-21(28-20(9-12-31)25(34)36-26(6,7)8)24(33)29-22(16-18(3)4)23(32)27-19(5)30-10-13-35-14-11-30/h17-22,28,31H,9-16H2,1-8H3,(H,27,32)(H,29,33)/t19?,20?,21-,22-/m0/s1. The molecule has 2 amide bonds. The molecule has 1 rings (SSSR count). The molecule has 36 heavy (non-hydrogen) atoms. The minimum absolute atomic E-state index is 0.115. The summed E-state index contributed by atoms with van der Waals surface area (Å²) in [5.41, 5.74) is -0.695. The number of esters is 1. The van der Waals surface area contributed by atoms with E-state index in [1.165, 1.54) is 0 Å². The van der Waals surface area contributed by atoms with Gasteiger partial charge in [-0.2, -0.15) is 0 Å². The van der Waals surface area contributed by atoms with Crippen molar-refractivity contribution >= 4 is 17.8 Å². The van der Waals surface area contributed by atoms with Crippen molar-refractivity contribution in [3.8, 4) is 0 Å². The first-order valence-corrected chi connectivity index (χ1v) is 13.3. The summed E-state index contributed by atoms with van der Waals surface area (Å²) < 4.78 is 10.9. The normalized spacial score (nSPS) is 18.4. The van der Waals surface area contributed by atoms with Gasteiger partial charge in [-0.15, -0.1) is 0 Å². The number of nitrogens with one attached hydrogen (secondary N) is 3. The van der Waals surface area contributed by atoms with Gasteiger partial charge in [-0.25, -0.2) is 0 Å². The van der Waals surface area contributed by atoms with Crippen molar-refractivity contribution in [1.82, 2.24) is 20.9 Å². The third-order valence-electron chi connectivity index (χ3n) is 5.82. The average Bonchev–Trinajstić information content (AvgIpc) is 2.76. The molecule has 0 aliphatic carbocycles. The number of carbonyl (C=O) groups excluding carboxylic acids is 3. The molecule has 4 atom stereocenters. The van der Waals surface area contributed by atoms with Crippen LogP contribution in [0.15, 0.2) is 0 Å². The number of carbonyl (C=O) groups is 3. The molecule has 1 saturated heterocycles. The van der Waals surface area contributed by atoms with E-state index in [0.717, 1.165) is 13.1 Å². The van der Waals surface area contributed by atoms with Crippen molar-refractivity contribution in [3.05, 3.63) is 0 Å². The van der Waals surface area contributed by atoms with Crippen LogP contribution in [0.2, 0.25) is 0 Å². The molecule has 0 bridgehead atoms. The number of aliphatic hydroxyl groups is 1. The van der Waals surface area contributed by atoms with E-state index in [1.807, 2.05) is 34.6 Å². The summed E-state index contributed by atoms with van der Waals surface area (Å²) in [6.07, 6.45) is 0.868. The second kappa shape index (κ2) is 15.5. The number of hydrogen-bond acceptors (Lipinski definition) is 8. The van der Waals surface area contributed by atoms with Crippen LogP contribution in [0.3, 0.4) is 0 Å². The van der Waals surface area contributed by atoms with Crippen molar-refractivity contribution in [3.63, 3.8) is 0 Å². The van der Waals surface area contributed by atoms with E-state index in [2.05, 4.69) is 20.9 Å². The number of ether oxygens (including phenoxy) is 2. The van der Waals surface area contributed by atoms with Crippen molar-refractivity contribution in [2.75, 3.05) is 32.9 Å². The minimum Gasteiger partial charge on any atom is -0.459 e. The Morgan fingerprint density at radius 3 is 1.92 bits per heavy atom. The molecular formula is C26H50N4O6. The van der Waals surface area contributed by atoms with Gasteiger partial charge in [0.25, 0.3) is 0 Å². The summed E-state index contributed by atoms with van der Waals surface area (Å²) in [4.78, 5) is 41.5. The van der Waals surface area contributed by atoms with Gasteiger partial charge in [-0.05, 0) is 58.8 Å². The highest BCUT2D eigenvalue weighted by atomic mass is 16.6. The summed E-state index contributed by atoms with van der Waals surface area (Å²) in [5, 5.41) is 18.6. The Morgan fingerprint density at radius 2 is 1.42 bits per heavy atom. The first-order valence-electron chi connectivity index (χ1n) is 13.3. The monoisotopic (exact) mass is 514 g/mol. The number of hydrogen-bond donors (Lipinski definition) is 4. The molecular weight excluding hydrogens is 464 g/mol. The van der Waals surface area contributed by atoms with E-state index in [9.17, 15) is 19.5 Å². The van der Waals surface area contributed by atoms with Crippen LogP contribution in [0.25, 0.3) is 0 Å². The third-order valence-corrected chi connectivity index (χ3v) is 5.82. The topological polar surface area (TPSA) is 129 Å². The summed E-state index contributed by atoms with van der Waals surface area (Å²) in [6, 6.07) is -2.29. The van der Waals surface area contributed by atoms with E-state index in [1.54, 1.807) is 20.8 Å². The maximum atomic E-state index is 13.4. The summed E-state index contributed by atoms with van der Waals surface area (Å²) >= 11 is 0. The molecule has 4 N–H and O–H groups in total. The van der Waals surface area contributed by atoms with Crippen LogP contribution in [0.4, 0.5) is 0 Å². The van der Waals surface area contributed by atoms with Gasteiger partial charge in [0.2, 0.25) is 11.8 Å². The van der Waals surface area contributed by atoms with Crippen LogP contribution in [0.5, 0.6) is 0 Å². The Kier molecular flexibility index (Phi) is 13.9. The lowest BCUT2D eigenvalue weighted by Gasteiger charge is -2.34. The Bertz CT molecular complexity index is 688. The quantitative estimate of drug-likeness (QED) is 0.256. The number of rotatable bonds is 14. The van der Waals surface area contributed by atoms with Crippen LogP contribution in [0, 0.1) is 11.8 Å². The van der Waals surface area contributed by atoms with Gasteiger partial charge in [0, 0.05) is 19.7 Å². The summed E-state index contributed by atoms with van der Waals surface area (Å²) in [7, 11) is 0. The number of nitrogens with zero attached hydrogens (tertiary/aromatic N) is 1. The Hall–Kier alpha value is -1.75. The molecule has 0 aromatic rings. The lowest BCUT2D eigenvalue weighted by molar-refractivity contribution is -0.158. The van der Waals surface area contributed by atoms with E-state index in [4.69, 9.17) is 9.47 Å². The van der Waals surface area contributed by atoms with E-state index < -0.39 is 29.7 Å². The van der Waals surface area contributed by atoms with Crippen LogP contribution in [-0.2, 0) is 23.9 Å². The maximum absolute atomic E-state index is 13.4. The van der Waals surface area contributed by atoms with Gasteiger partial charge >= 0.3 is 5.97 Å². The molecule has 10 heteroatoms. The molecule has 1 aliphatic heterocycles. The van der Waals surface area contributed by atoms with Gasteiger partial charge in [0.05, 0.1) is 25.4 Å². The van der Waals surface area contributed by atoms with E-state index in [0.29, 0.717) is 26.1 Å². The van der Waals surface area contributed by atoms with Gasteiger partial charge in [-0.1, -0.05) is 27.7 Å².